The largest absolute Gasteiger partial charge is 0.355 e. The van der Waals surface area contributed by atoms with Gasteiger partial charge in [0, 0.05) is 34.5 Å². The van der Waals surface area contributed by atoms with Crippen molar-refractivity contribution in [2.45, 2.75) is 37.6 Å². The zero-order valence-electron chi connectivity index (χ0n) is 19.3. The Morgan fingerprint density at radius 1 is 1.00 bits per heavy atom. The number of hydrogen-bond acceptors (Lipinski definition) is 2. The summed E-state index contributed by atoms with van der Waals surface area (Å²) in [6.07, 6.45) is 10.8. The van der Waals surface area contributed by atoms with E-state index in [-0.39, 0.29) is 11.4 Å². The number of fused-ring (bicyclic) bond motifs is 1. The Morgan fingerprint density at radius 2 is 1.82 bits per heavy atom. The number of hydrogen-bond donors (Lipinski definition) is 1. The highest BCUT2D eigenvalue weighted by Crippen LogP contribution is 2.44. The van der Waals surface area contributed by atoms with E-state index >= 15 is 0 Å². The molecule has 2 aromatic heterocycles. The molecule has 0 amide bonds. The van der Waals surface area contributed by atoms with Crippen LogP contribution in [0.25, 0.3) is 16.5 Å². The van der Waals surface area contributed by atoms with Gasteiger partial charge in [0.1, 0.15) is 5.82 Å². The maximum atomic E-state index is 14.1. The summed E-state index contributed by atoms with van der Waals surface area (Å²) in [6, 6.07) is 19.9. The lowest BCUT2D eigenvalue weighted by Gasteiger charge is -2.43. The van der Waals surface area contributed by atoms with Crippen molar-refractivity contribution in [2.24, 2.45) is 0 Å². The Hall–Kier alpha value is -3.24. The van der Waals surface area contributed by atoms with E-state index in [1.54, 1.807) is 6.07 Å². The number of aromatic nitrogens is 2. The van der Waals surface area contributed by atoms with Crippen LogP contribution in [-0.4, -0.2) is 29.0 Å². The van der Waals surface area contributed by atoms with E-state index in [9.17, 15) is 4.39 Å². The fourth-order valence-corrected chi connectivity index (χ4v) is 5.32. The van der Waals surface area contributed by atoms with Crippen LogP contribution in [0.3, 0.4) is 0 Å². The van der Waals surface area contributed by atoms with Gasteiger partial charge in [-0.2, -0.15) is 0 Å². The van der Waals surface area contributed by atoms with Gasteiger partial charge in [0.25, 0.3) is 0 Å². The van der Waals surface area contributed by atoms with Crippen LogP contribution in [0, 0.1) is 5.82 Å². The van der Waals surface area contributed by atoms with Crippen LogP contribution in [0.4, 0.5) is 4.39 Å². The van der Waals surface area contributed by atoms with Gasteiger partial charge in [-0.05, 0) is 98.8 Å². The van der Waals surface area contributed by atoms with Crippen molar-refractivity contribution in [3.63, 3.8) is 0 Å². The van der Waals surface area contributed by atoms with Gasteiger partial charge in [-0.1, -0.05) is 36.4 Å². The van der Waals surface area contributed by atoms with E-state index in [1.807, 2.05) is 18.5 Å². The summed E-state index contributed by atoms with van der Waals surface area (Å²) in [5.74, 6) is -0.169. The summed E-state index contributed by atoms with van der Waals surface area (Å²) >= 11 is 0. The van der Waals surface area contributed by atoms with Crippen LogP contribution in [0.1, 0.15) is 41.6 Å². The Morgan fingerprint density at radius 3 is 2.55 bits per heavy atom. The molecule has 1 atom stereocenters. The first kappa shape index (κ1) is 21.6. The topological polar surface area (TPSA) is 31.9 Å². The summed E-state index contributed by atoms with van der Waals surface area (Å²) in [7, 11) is 4.21. The van der Waals surface area contributed by atoms with Gasteiger partial charge < -0.3 is 4.98 Å². The zero-order valence-corrected chi connectivity index (χ0v) is 19.3. The first-order valence-electron chi connectivity index (χ1n) is 11.7. The molecule has 5 rings (SSSR count). The second-order valence-corrected chi connectivity index (χ2v) is 9.25. The summed E-state index contributed by atoms with van der Waals surface area (Å²) in [6.45, 7) is 0. The predicted molar refractivity (Wildman–Crippen MR) is 134 cm³/mol. The molecule has 4 aromatic rings. The molecule has 1 unspecified atom stereocenters. The molecular weight excluding hydrogens is 409 g/mol. The number of H-pyrrole nitrogens is 1. The maximum absolute atomic E-state index is 14.1. The number of pyridine rings is 1. The maximum Gasteiger partial charge on any atom is 0.123 e. The van der Waals surface area contributed by atoms with Crippen LogP contribution >= 0.6 is 0 Å². The molecule has 0 fully saturated rings. The van der Waals surface area contributed by atoms with E-state index in [1.165, 1.54) is 39.4 Å². The predicted octanol–water partition coefficient (Wildman–Crippen LogP) is 6.51. The van der Waals surface area contributed by atoms with Gasteiger partial charge in [0.05, 0.1) is 0 Å². The quantitative estimate of drug-likeness (QED) is 0.371. The minimum atomic E-state index is -0.186. The Kier molecular flexibility index (Phi) is 5.86. The van der Waals surface area contributed by atoms with E-state index in [0.717, 1.165) is 37.7 Å². The Labute approximate surface area is 195 Å². The number of allylic oxidation sites excluding steroid dienone is 1. The van der Waals surface area contributed by atoms with E-state index in [4.69, 9.17) is 0 Å². The molecule has 2 heterocycles. The second kappa shape index (κ2) is 8.95. The fourth-order valence-electron chi connectivity index (χ4n) is 5.32. The summed E-state index contributed by atoms with van der Waals surface area (Å²) in [4.78, 5) is 10.1. The summed E-state index contributed by atoms with van der Waals surface area (Å²) in [5, 5.41) is 1.30. The molecule has 0 bridgehead atoms. The van der Waals surface area contributed by atoms with Crippen molar-refractivity contribution < 1.29 is 4.39 Å². The van der Waals surface area contributed by atoms with Gasteiger partial charge in [-0.3, -0.25) is 9.88 Å². The third-order valence-electron chi connectivity index (χ3n) is 7.26. The molecule has 33 heavy (non-hydrogen) atoms. The number of nitrogens with one attached hydrogen (secondary N) is 1. The molecule has 4 heteroatoms. The van der Waals surface area contributed by atoms with Crippen LogP contribution in [-0.2, 0) is 18.4 Å². The number of para-hydroxylation sites is 1. The van der Waals surface area contributed by atoms with Gasteiger partial charge >= 0.3 is 0 Å². The minimum absolute atomic E-state index is 0.169. The van der Waals surface area contributed by atoms with Crippen LogP contribution < -0.4 is 0 Å². The Bertz CT molecular complexity index is 1290. The van der Waals surface area contributed by atoms with Crippen LogP contribution in [0.2, 0.25) is 0 Å². The monoisotopic (exact) mass is 439 g/mol. The number of aromatic amines is 1. The van der Waals surface area contributed by atoms with Crippen molar-refractivity contribution in [1.82, 2.24) is 14.9 Å². The lowest BCUT2D eigenvalue weighted by molar-refractivity contribution is 0.138. The van der Waals surface area contributed by atoms with Crippen LogP contribution in [0.5, 0.6) is 0 Å². The fraction of sp³-hybridized carbons (Fsp3) is 0.276. The van der Waals surface area contributed by atoms with E-state index in [0.29, 0.717) is 0 Å². The standard InChI is InChI=1S/C29H30FN3/c1-33(2)29(23-6-5-7-24(30)20-23)16-12-22(13-17-29)28-26(11-10-21-14-18-31-19-15-21)25-8-3-4-9-27(25)32-28/h3-9,12,14-15,18-20,32H,10-11,13,16-17H2,1-2H3. The number of aryl methyl sites for hydroxylation is 2. The molecule has 2 aromatic carbocycles. The lowest BCUT2D eigenvalue weighted by Crippen LogP contribution is -2.42. The minimum Gasteiger partial charge on any atom is -0.355 e. The Balaban J connectivity index is 1.50. The molecule has 1 aliphatic rings. The van der Waals surface area contributed by atoms with Crippen molar-refractivity contribution in [3.05, 3.63) is 107 Å². The second-order valence-electron chi connectivity index (χ2n) is 9.25. The average Bonchev–Trinajstić information content (AvgIpc) is 3.22. The van der Waals surface area contributed by atoms with Crippen molar-refractivity contribution in [3.8, 4) is 0 Å². The highest BCUT2D eigenvalue weighted by molar-refractivity contribution is 5.89. The molecule has 1 aliphatic carbocycles. The molecule has 3 nitrogen and oxygen atoms in total. The third kappa shape index (κ3) is 4.11. The number of rotatable bonds is 6. The van der Waals surface area contributed by atoms with Gasteiger partial charge in [0.15, 0.2) is 0 Å². The first-order valence-corrected chi connectivity index (χ1v) is 11.7. The summed E-state index contributed by atoms with van der Waals surface area (Å²) < 4.78 is 14.1. The molecule has 0 saturated carbocycles. The van der Waals surface area contributed by atoms with Crippen molar-refractivity contribution >= 4 is 16.5 Å². The molecule has 0 spiro atoms. The lowest BCUT2D eigenvalue weighted by atomic mass is 9.75. The molecule has 0 saturated heterocycles. The molecule has 1 N–H and O–H groups in total. The van der Waals surface area contributed by atoms with Gasteiger partial charge in [-0.25, -0.2) is 4.39 Å². The average molecular weight is 440 g/mol. The summed E-state index contributed by atoms with van der Waals surface area (Å²) in [5.41, 5.74) is 7.37. The third-order valence-corrected chi connectivity index (χ3v) is 7.26. The normalized spacial score (nSPS) is 18.6. The number of halogens is 1. The van der Waals surface area contributed by atoms with Crippen molar-refractivity contribution in [1.29, 1.82) is 0 Å². The first-order chi connectivity index (χ1) is 16.1. The smallest absolute Gasteiger partial charge is 0.123 e. The van der Waals surface area contributed by atoms with Gasteiger partial charge in [0.2, 0.25) is 0 Å². The zero-order chi connectivity index (χ0) is 22.8. The molecule has 168 valence electrons. The molecule has 0 radical (unpaired) electrons. The highest BCUT2D eigenvalue weighted by Gasteiger charge is 2.37. The molecule has 0 aliphatic heterocycles. The number of nitrogens with zero attached hydrogens (tertiary/aromatic N) is 2. The van der Waals surface area contributed by atoms with E-state index < -0.39 is 0 Å². The van der Waals surface area contributed by atoms with Gasteiger partial charge in [-0.15, -0.1) is 0 Å². The molecular formula is C29H30FN3. The highest BCUT2D eigenvalue weighted by atomic mass is 19.1. The SMILES string of the molecule is CN(C)C1(c2cccc(F)c2)CC=C(c2[nH]c3ccccc3c2CCc2ccncc2)CC1. The van der Waals surface area contributed by atoms with E-state index in [2.05, 4.69) is 77.5 Å². The van der Waals surface area contributed by atoms with Crippen molar-refractivity contribution in [2.75, 3.05) is 14.1 Å². The van der Waals surface area contributed by atoms with Crippen LogP contribution in [0.15, 0.2) is 79.1 Å². The number of benzene rings is 2.